The van der Waals surface area contributed by atoms with Gasteiger partial charge in [0, 0.05) is 23.9 Å². The topological polar surface area (TPSA) is 111 Å². The second-order valence-electron chi connectivity index (χ2n) is 10.7. The van der Waals surface area contributed by atoms with E-state index in [0.29, 0.717) is 24.6 Å². The summed E-state index contributed by atoms with van der Waals surface area (Å²) in [4.78, 5) is 22.6. The Kier molecular flexibility index (Phi) is 7.80. The third-order valence-corrected chi connectivity index (χ3v) is 9.03. The summed E-state index contributed by atoms with van der Waals surface area (Å²) < 4.78 is 78.3. The average molecular weight is 549 g/mol. The molecule has 1 aromatic heterocycles. The number of likely N-dealkylation sites (tertiary alicyclic amines) is 1. The lowest BCUT2D eigenvalue weighted by atomic mass is 9.85. The van der Waals surface area contributed by atoms with Crippen molar-refractivity contribution in [3.63, 3.8) is 0 Å². The Labute approximate surface area is 215 Å². The van der Waals surface area contributed by atoms with E-state index in [9.17, 15) is 26.4 Å². The zero-order valence-corrected chi connectivity index (χ0v) is 22.3. The van der Waals surface area contributed by atoms with Crippen LogP contribution in [0, 0.1) is 17.7 Å². The number of alkyl halides is 2. The van der Waals surface area contributed by atoms with Gasteiger partial charge in [-0.3, -0.25) is 4.90 Å². The lowest BCUT2D eigenvalue weighted by Gasteiger charge is -2.33. The second-order valence-corrected chi connectivity index (χ2v) is 12.5. The Balaban J connectivity index is 1.42. The summed E-state index contributed by atoms with van der Waals surface area (Å²) >= 11 is 0. The van der Waals surface area contributed by atoms with Gasteiger partial charge in [0.1, 0.15) is 5.82 Å². The maximum atomic E-state index is 13.7. The third-order valence-electron chi connectivity index (χ3n) is 8.30. The third kappa shape index (κ3) is 5.88. The highest BCUT2D eigenvalue weighted by Gasteiger charge is 2.66. The van der Waals surface area contributed by atoms with E-state index in [2.05, 4.69) is 21.6 Å². The van der Waals surface area contributed by atoms with Gasteiger partial charge >= 0.3 is 6.09 Å². The number of fused-ring (bicyclic) bond motifs is 1. The predicted molar refractivity (Wildman–Crippen MR) is 128 cm³/mol. The molecule has 1 unspecified atom stereocenters. The molecular formula is C24H35F3N4O5S. The number of sulfonamides is 1. The van der Waals surface area contributed by atoms with E-state index in [4.69, 9.17) is 9.47 Å². The Morgan fingerprint density at radius 1 is 1.27 bits per heavy atom. The minimum Gasteiger partial charge on any atom is -0.443 e. The highest BCUT2D eigenvalue weighted by atomic mass is 32.2. The minimum atomic E-state index is -3.59. The molecule has 2 aliphatic carbocycles. The molecule has 1 aromatic rings. The van der Waals surface area contributed by atoms with Gasteiger partial charge in [0.25, 0.3) is 5.92 Å². The first-order valence-corrected chi connectivity index (χ1v) is 14.6. The summed E-state index contributed by atoms with van der Waals surface area (Å²) in [6.07, 6.45) is 4.36. The van der Waals surface area contributed by atoms with Crippen LogP contribution in [-0.2, 0) is 24.9 Å². The van der Waals surface area contributed by atoms with Crippen molar-refractivity contribution in [3.05, 3.63) is 24.0 Å². The van der Waals surface area contributed by atoms with Crippen LogP contribution < -0.4 is 4.72 Å². The Morgan fingerprint density at radius 3 is 2.54 bits per heavy atom. The van der Waals surface area contributed by atoms with E-state index in [1.54, 1.807) is 6.92 Å². The van der Waals surface area contributed by atoms with E-state index in [0.717, 1.165) is 19.1 Å². The number of hydrogen-bond donors (Lipinski definition) is 1. The number of halogens is 3. The molecule has 3 fully saturated rings. The number of ether oxygens (including phenoxy) is 2. The molecule has 37 heavy (non-hydrogen) atoms. The standard InChI is InChI=1S/C24H35F3N4O5S/c1-5-23(26,27)13-36-22(32)31-14(2)8-19(30-37(4,33)34)20(31)12-35-17-6-7-24(15(3)18(24)9-17)21-28-10-16(25)11-29-21/h10-11,14-15,17-20,30H,5-9,12-13H2,1-4H3/t14-,15+,17+,18?,19+,20+,24-/m1/s1. The number of carbonyl (C=O) groups excluding carboxylic acids is 1. The number of nitrogens with one attached hydrogen (secondary N) is 1. The van der Waals surface area contributed by atoms with E-state index in [1.165, 1.54) is 24.2 Å². The number of hydrogen-bond acceptors (Lipinski definition) is 7. The van der Waals surface area contributed by atoms with Gasteiger partial charge in [-0.25, -0.2) is 41.1 Å². The van der Waals surface area contributed by atoms with Gasteiger partial charge in [0.2, 0.25) is 10.0 Å². The first-order valence-electron chi connectivity index (χ1n) is 12.7. The van der Waals surface area contributed by atoms with Gasteiger partial charge in [-0.1, -0.05) is 13.8 Å². The largest absolute Gasteiger partial charge is 0.443 e. The van der Waals surface area contributed by atoms with Crippen LogP contribution >= 0.6 is 0 Å². The summed E-state index contributed by atoms with van der Waals surface area (Å²) in [7, 11) is -3.59. The van der Waals surface area contributed by atoms with E-state index in [1.807, 2.05) is 0 Å². The molecule has 0 spiro atoms. The molecule has 1 saturated heterocycles. The second kappa shape index (κ2) is 10.3. The highest BCUT2D eigenvalue weighted by molar-refractivity contribution is 7.88. The van der Waals surface area contributed by atoms with Crippen molar-refractivity contribution in [2.75, 3.05) is 19.5 Å². The molecule has 2 heterocycles. The van der Waals surface area contributed by atoms with Crippen LogP contribution in [0.4, 0.5) is 18.0 Å². The summed E-state index contributed by atoms with van der Waals surface area (Å²) in [6.45, 7) is 4.13. The fraction of sp³-hybridized carbons (Fsp3) is 0.792. The van der Waals surface area contributed by atoms with Crippen molar-refractivity contribution in [1.29, 1.82) is 0 Å². The van der Waals surface area contributed by atoms with Crippen molar-refractivity contribution in [1.82, 2.24) is 19.6 Å². The Morgan fingerprint density at radius 2 is 1.95 bits per heavy atom. The molecule has 7 atom stereocenters. The monoisotopic (exact) mass is 548 g/mol. The van der Waals surface area contributed by atoms with Crippen LogP contribution in [0.25, 0.3) is 0 Å². The van der Waals surface area contributed by atoms with Gasteiger partial charge < -0.3 is 9.47 Å². The molecule has 2 saturated carbocycles. The lowest BCUT2D eigenvalue weighted by Crippen LogP contribution is -2.51. The maximum Gasteiger partial charge on any atom is 0.410 e. The molecule has 0 radical (unpaired) electrons. The van der Waals surface area contributed by atoms with Crippen molar-refractivity contribution in [3.8, 4) is 0 Å². The minimum absolute atomic E-state index is 0.0304. The molecule has 0 aromatic carbocycles. The Hall–Kier alpha value is -1.99. The molecule has 4 rings (SSSR count). The van der Waals surface area contributed by atoms with Crippen molar-refractivity contribution in [2.45, 2.75) is 88.4 Å². The first-order chi connectivity index (χ1) is 17.3. The van der Waals surface area contributed by atoms with Crippen LogP contribution in [0.1, 0.15) is 58.7 Å². The molecule has 13 heteroatoms. The molecule has 3 aliphatic rings. The number of amides is 1. The quantitative estimate of drug-likeness (QED) is 0.504. The maximum absolute atomic E-state index is 13.7. The summed E-state index contributed by atoms with van der Waals surface area (Å²) in [5.74, 6) is -2.40. The van der Waals surface area contributed by atoms with Crippen LogP contribution in [0.15, 0.2) is 12.4 Å². The summed E-state index contributed by atoms with van der Waals surface area (Å²) in [6, 6.07) is -1.79. The molecule has 9 nitrogen and oxygen atoms in total. The average Bonchev–Trinajstić information content (AvgIpc) is 3.30. The fourth-order valence-corrected chi connectivity index (χ4v) is 6.99. The summed E-state index contributed by atoms with van der Waals surface area (Å²) in [5, 5.41) is 0. The van der Waals surface area contributed by atoms with E-state index >= 15 is 0 Å². The molecule has 1 aliphatic heterocycles. The first kappa shape index (κ1) is 28.0. The van der Waals surface area contributed by atoms with Gasteiger partial charge in [-0.05, 0) is 44.4 Å². The Bertz CT molecular complexity index is 1090. The number of rotatable bonds is 9. The number of carbonyl (C=O) groups is 1. The highest BCUT2D eigenvalue weighted by Crippen LogP contribution is 2.66. The van der Waals surface area contributed by atoms with Gasteiger partial charge in [0.15, 0.2) is 12.4 Å². The molecular weight excluding hydrogens is 513 g/mol. The van der Waals surface area contributed by atoms with Crippen LogP contribution in [-0.4, -0.2) is 79.0 Å². The van der Waals surface area contributed by atoms with E-state index in [-0.39, 0.29) is 24.0 Å². The van der Waals surface area contributed by atoms with Crippen LogP contribution in [0.3, 0.4) is 0 Å². The molecule has 208 valence electrons. The fourth-order valence-electron chi connectivity index (χ4n) is 6.19. The van der Waals surface area contributed by atoms with E-state index < -0.39 is 59.0 Å². The SMILES string of the molecule is CCC(F)(F)COC(=O)N1[C@H](C)C[C@H](NS(C)(=O)=O)[C@@H]1CO[C@H]1CC[C@]2(c3ncc(F)cn3)C(C1)[C@@H]2C. The zero-order chi connectivity index (χ0) is 27.2. The van der Waals surface area contributed by atoms with Crippen LogP contribution in [0.5, 0.6) is 0 Å². The zero-order valence-electron chi connectivity index (χ0n) is 21.5. The number of nitrogens with zero attached hydrogens (tertiary/aromatic N) is 3. The molecule has 1 N–H and O–H groups in total. The van der Waals surface area contributed by atoms with Gasteiger partial charge in [-0.15, -0.1) is 0 Å². The summed E-state index contributed by atoms with van der Waals surface area (Å²) in [5.41, 5.74) is -0.198. The smallest absolute Gasteiger partial charge is 0.410 e. The van der Waals surface area contributed by atoms with Crippen molar-refractivity contribution in [2.24, 2.45) is 11.8 Å². The predicted octanol–water partition coefficient (Wildman–Crippen LogP) is 3.25. The number of aromatic nitrogens is 2. The van der Waals surface area contributed by atoms with Gasteiger partial charge in [-0.2, -0.15) is 0 Å². The lowest BCUT2D eigenvalue weighted by molar-refractivity contribution is -0.0679. The van der Waals surface area contributed by atoms with Crippen LogP contribution in [0.2, 0.25) is 0 Å². The van der Waals surface area contributed by atoms with Crippen molar-refractivity contribution >= 4 is 16.1 Å². The molecule has 1 amide bonds. The molecule has 0 bridgehead atoms. The van der Waals surface area contributed by atoms with Crippen molar-refractivity contribution < 1.29 is 35.9 Å². The van der Waals surface area contributed by atoms with Gasteiger partial charge in [0.05, 0.1) is 37.4 Å². The normalized spacial score (nSPS) is 33.8.